The zero-order chi connectivity index (χ0) is 14.1. The minimum Gasteiger partial charge on any atom is -0.375 e. The number of nitro groups is 1. The van der Waals surface area contributed by atoms with E-state index in [9.17, 15) is 10.1 Å². The number of hydrogen-bond acceptors (Lipinski definition) is 4. The lowest BCUT2D eigenvalue weighted by Gasteiger charge is -2.06. The molecule has 0 spiro atoms. The highest BCUT2D eigenvalue weighted by Crippen LogP contribution is 2.22. The van der Waals surface area contributed by atoms with Crippen LogP contribution in [0.1, 0.15) is 19.4 Å². The first-order valence-electron chi connectivity index (χ1n) is 6.13. The summed E-state index contributed by atoms with van der Waals surface area (Å²) in [6, 6.07) is 11.3. The zero-order valence-corrected chi connectivity index (χ0v) is 11.0. The Hall–Kier alpha value is -2.43. The van der Waals surface area contributed by atoms with Gasteiger partial charge in [-0.1, -0.05) is 44.2 Å². The summed E-state index contributed by atoms with van der Waals surface area (Å²) in [7, 11) is 0. The van der Waals surface area contributed by atoms with E-state index in [-0.39, 0.29) is 5.69 Å². The third kappa shape index (κ3) is 4.39. The van der Waals surface area contributed by atoms with Gasteiger partial charge >= 0.3 is 5.69 Å². The van der Waals surface area contributed by atoms with Crippen molar-refractivity contribution in [2.75, 3.05) is 5.32 Å². The molecule has 1 aromatic carbocycles. The average molecular weight is 259 g/mol. The molecule has 1 heterocycles. The summed E-state index contributed by atoms with van der Waals surface area (Å²) in [6.45, 7) is 4.55. The molecule has 5 heteroatoms. The van der Waals surface area contributed by atoms with Gasteiger partial charge in [0.1, 0.15) is 11.9 Å². The molecule has 1 aromatic heterocycles. The number of nitrogens with zero attached hydrogens (tertiary/aromatic N) is 2. The molecule has 5 nitrogen and oxygen atoms in total. The van der Waals surface area contributed by atoms with E-state index in [2.05, 4.69) is 10.3 Å². The fraction of sp³-hybridized carbons (Fsp3) is 0.214. The van der Waals surface area contributed by atoms with E-state index < -0.39 is 4.92 Å². The summed E-state index contributed by atoms with van der Waals surface area (Å²) < 4.78 is 0. The highest BCUT2D eigenvalue weighted by atomic mass is 16.6. The van der Waals surface area contributed by atoms with Crippen molar-refractivity contribution in [2.45, 2.75) is 20.4 Å². The van der Waals surface area contributed by atoms with Gasteiger partial charge in [-0.3, -0.25) is 15.1 Å². The maximum Gasteiger partial charge on any atom is 0.310 e. The van der Waals surface area contributed by atoms with Gasteiger partial charge in [-0.05, 0) is 11.6 Å². The first kappa shape index (κ1) is 14.6. The third-order valence-electron chi connectivity index (χ3n) is 2.32. The number of aromatic nitrogens is 1. The Morgan fingerprint density at radius 3 is 2.53 bits per heavy atom. The second-order valence-corrected chi connectivity index (χ2v) is 3.49. The molecule has 19 heavy (non-hydrogen) atoms. The highest BCUT2D eigenvalue weighted by Gasteiger charge is 2.12. The minimum absolute atomic E-state index is 0.0107. The number of hydrogen-bond donors (Lipinski definition) is 1. The molecule has 0 aliphatic rings. The van der Waals surface area contributed by atoms with Crippen LogP contribution in [0, 0.1) is 10.1 Å². The molecule has 0 atom stereocenters. The standard InChI is InChI=1S/C12H11N3O2.C2H6/c16-15(17)12-9-13-7-6-11(12)14-8-10-4-2-1-3-5-10;1-2/h1-7,9H,8H2,(H,13,14);1-2H3. The Morgan fingerprint density at radius 2 is 1.89 bits per heavy atom. The second-order valence-electron chi connectivity index (χ2n) is 3.49. The summed E-state index contributed by atoms with van der Waals surface area (Å²) in [5.41, 5.74) is 1.54. The van der Waals surface area contributed by atoms with Crippen LogP contribution in [0.4, 0.5) is 11.4 Å². The molecule has 0 aliphatic heterocycles. The quantitative estimate of drug-likeness (QED) is 0.672. The average Bonchev–Trinajstić information content (AvgIpc) is 2.48. The summed E-state index contributed by atoms with van der Waals surface area (Å²) >= 11 is 0. The molecule has 2 aromatic rings. The molecule has 0 saturated carbocycles. The Morgan fingerprint density at radius 1 is 1.21 bits per heavy atom. The maximum atomic E-state index is 10.8. The van der Waals surface area contributed by atoms with Crippen molar-refractivity contribution in [3.63, 3.8) is 0 Å². The van der Waals surface area contributed by atoms with Crippen molar-refractivity contribution < 1.29 is 4.92 Å². The lowest BCUT2D eigenvalue weighted by molar-refractivity contribution is -0.384. The largest absolute Gasteiger partial charge is 0.375 e. The van der Waals surface area contributed by atoms with Gasteiger partial charge < -0.3 is 5.32 Å². The van der Waals surface area contributed by atoms with Crippen molar-refractivity contribution in [3.05, 3.63) is 64.5 Å². The van der Waals surface area contributed by atoms with Crippen LogP contribution in [-0.2, 0) is 6.54 Å². The molecule has 0 unspecified atom stereocenters. The first-order valence-corrected chi connectivity index (χ1v) is 6.13. The van der Waals surface area contributed by atoms with Gasteiger partial charge in [-0.25, -0.2) is 0 Å². The monoisotopic (exact) mass is 259 g/mol. The van der Waals surface area contributed by atoms with Gasteiger partial charge in [0.25, 0.3) is 0 Å². The van der Waals surface area contributed by atoms with Crippen LogP contribution in [-0.4, -0.2) is 9.91 Å². The number of pyridine rings is 1. The van der Waals surface area contributed by atoms with Crippen LogP contribution in [0.2, 0.25) is 0 Å². The topological polar surface area (TPSA) is 68.1 Å². The van der Waals surface area contributed by atoms with Crippen molar-refractivity contribution >= 4 is 11.4 Å². The first-order chi connectivity index (χ1) is 9.27. The van der Waals surface area contributed by atoms with Gasteiger partial charge in [0.15, 0.2) is 0 Å². The number of rotatable bonds is 4. The van der Waals surface area contributed by atoms with Crippen molar-refractivity contribution in [1.82, 2.24) is 4.98 Å². The Balaban J connectivity index is 0.000000861. The smallest absolute Gasteiger partial charge is 0.310 e. The zero-order valence-electron chi connectivity index (χ0n) is 11.0. The van der Waals surface area contributed by atoms with E-state index in [0.717, 1.165) is 5.56 Å². The summed E-state index contributed by atoms with van der Waals surface area (Å²) in [5.74, 6) is 0. The third-order valence-corrected chi connectivity index (χ3v) is 2.32. The summed E-state index contributed by atoms with van der Waals surface area (Å²) in [5, 5.41) is 13.8. The second kappa shape index (κ2) is 7.81. The molecule has 0 aliphatic carbocycles. The van der Waals surface area contributed by atoms with E-state index in [4.69, 9.17) is 0 Å². The van der Waals surface area contributed by atoms with Crippen molar-refractivity contribution in [3.8, 4) is 0 Å². The number of nitrogens with one attached hydrogen (secondary N) is 1. The van der Waals surface area contributed by atoms with Crippen LogP contribution in [0.25, 0.3) is 0 Å². The summed E-state index contributed by atoms with van der Waals surface area (Å²) in [4.78, 5) is 14.1. The SMILES string of the molecule is CC.O=[N+]([O-])c1cnccc1NCc1ccccc1. The fourth-order valence-electron chi connectivity index (χ4n) is 1.47. The highest BCUT2D eigenvalue weighted by molar-refractivity contribution is 5.59. The Kier molecular flexibility index (Phi) is 6.02. The molecule has 100 valence electrons. The van der Waals surface area contributed by atoms with Crippen LogP contribution in [0.3, 0.4) is 0 Å². The van der Waals surface area contributed by atoms with Gasteiger partial charge in [-0.15, -0.1) is 0 Å². The van der Waals surface area contributed by atoms with Crippen LogP contribution in [0.5, 0.6) is 0 Å². The fourth-order valence-corrected chi connectivity index (χ4v) is 1.47. The van der Waals surface area contributed by atoms with E-state index in [1.54, 1.807) is 6.07 Å². The molecular formula is C14H17N3O2. The predicted octanol–water partition coefficient (Wildman–Crippen LogP) is 3.63. The molecular weight excluding hydrogens is 242 g/mol. The lowest BCUT2D eigenvalue weighted by Crippen LogP contribution is -2.02. The van der Waals surface area contributed by atoms with Crippen LogP contribution < -0.4 is 5.32 Å². The summed E-state index contributed by atoms with van der Waals surface area (Å²) in [6.07, 6.45) is 2.77. The maximum absolute atomic E-state index is 10.8. The lowest BCUT2D eigenvalue weighted by atomic mass is 10.2. The predicted molar refractivity (Wildman–Crippen MR) is 76.0 cm³/mol. The Bertz CT molecular complexity index is 515. The number of benzene rings is 1. The molecule has 2 rings (SSSR count). The molecule has 0 fully saturated rings. The molecule has 1 N–H and O–H groups in total. The van der Waals surface area contributed by atoms with Gasteiger partial charge in [0.2, 0.25) is 0 Å². The molecule has 0 radical (unpaired) electrons. The van der Waals surface area contributed by atoms with Crippen molar-refractivity contribution in [2.24, 2.45) is 0 Å². The normalized spacial score (nSPS) is 9.16. The van der Waals surface area contributed by atoms with Gasteiger partial charge in [0, 0.05) is 12.7 Å². The molecule has 0 amide bonds. The van der Waals surface area contributed by atoms with Gasteiger partial charge in [0.05, 0.1) is 4.92 Å². The number of anilines is 1. The molecule has 0 bridgehead atoms. The van der Waals surface area contributed by atoms with Crippen molar-refractivity contribution in [1.29, 1.82) is 0 Å². The van der Waals surface area contributed by atoms with Gasteiger partial charge in [-0.2, -0.15) is 0 Å². The minimum atomic E-state index is -0.444. The van der Waals surface area contributed by atoms with Crippen LogP contribution in [0.15, 0.2) is 48.8 Å². The van der Waals surface area contributed by atoms with Crippen LogP contribution >= 0.6 is 0 Å². The molecule has 0 saturated heterocycles. The van der Waals surface area contributed by atoms with E-state index in [1.165, 1.54) is 12.4 Å². The van der Waals surface area contributed by atoms with E-state index >= 15 is 0 Å². The Labute approximate surface area is 112 Å². The van der Waals surface area contributed by atoms with E-state index in [0.29, 0.717) is 12.2 Å². The van der Waals surface area contributed by atoms with E-state index in [1.807, 2.05) is 44.2 Å².